The Morgan fingerprint density at radius 3 is 2.66 bits per heavy atom. The molecular weight excluding hydrogens is 454 g/mol. The number of hydrogen-bond donors (Lipinski definition) is 1. The van der Waals surface area contributed by atoms with Crippen molar-refractivity contribution in [3.05, 3.63) is 67.1 Å². The van der Waals surface area contributed by atoms with E-state index in [-0.39, 0.29) is 24.4 Å². The molecule has 3 rings (SSSR count). The van der Waals surface area contributed by atoms with E-state index in [4.69, 9.17) is 4.74 Å². The number of hydrazone groups is 1. The van der Waals surface area contributed by atoms with Gasteiger partial charge in [-0.05, 0) is 26.1 Å². The predicted octanol–water partition coefficient (Wildman–Crippen LogP) is 0.985. The Morgan fingerprint density at radius 1 is 1.31 bits per heavy atom. The van der Waals surface area contributed by atoms with E-state index in [0.29, 0.717) is 16.8 Å². The van der Waals surface area contributed by atoms with Gasteiger partial charge in [0.2, 0.25) is 0 Å². The third-order valence-corrected chi connectivity index (χ3v) is 5.76. The number of ether oxygens (including phenoxy) is 1. The van der Waals surface area contributed by atoms with Gasteiger partial charge in [-0.15, -0.1) is 0 Å². The molecule has 0 atom stereocenters. The Morgan fingerprint density at radius 2 is 2.03 bits per heavy atom. The number of nitrogens with zero attached hydrogens (tertiary/aromatic N) is 6. The summed E-state index contributed by atoms with van der Waals surface area (Å²) in [5.41, 5.74) is 3.83. The molecule has 2 aromatic rings. The van der Waals surface area contributed by atoms with Crippen molar-refractivity contribution in [2.45, 2.75) is 20.1 Å². The van der Waals surface area contributed by atoms with Crippen LogP contribution >= 0.6 is 0 Å². The van der Waals surface area contributed by atoms with Gasteiger partial charge < -0.3 is 19.1 Å². The maximum atomic E-state index is 12.7. The van der Waals surface area contributed by atoms with E-state index in [2.05, 4.69) is 20.3 Å². The number of aryl methyl sites for hydroxylation is 1. The summed E-state index contributed by atoms with van der Waals surface area (Å²) in [5, 5.41) is 24.6. The molecule has 35 heavy (non-hydrogen) atoms. The number of piperazine rings is 1. The van der Waals surface area contributed by atoms with Crippen molar-refractivity contribution < 1.29 is 14.5 Å². The molecule has 1 aliphatic heterocycles. The molecule has 1 saturated heterocycles. The zero-order valence-electron chi connectivity index (χ0n) is 19.9. The van der Waals surface area contributed by atoms with Crippen molar-refractivity contribution in [2.75, 3.05) is 45.2 Å². The first kappa shape index (κ1) is 25.5. The predicted molar refractivity (Wildman–Crippen MR) is 129 cm³/mol. The van der Waals surface area contributed by atoms with Gasteiger partial charge >= 0.3 is 0 Å². The van der Waals surface area contributed by atoms with E-state index in [0.717, 1.165) is 31.9 Å². The average molecular weight is 482 g/mol. The third kappa shape index (κ3) is 6.08. The fraction of sp³-hybridized carbons (Fsp3) is 0.391. The summed E-state index contributed by atoms with van der Waals surface area (Å²) >= 11 is 0. The van der Waals surface area contributed by atoms with Gasteiger partial charge in [0.25, 0.3) is 17.2 Å². The van der Waals surface area contributed by atoms with Gasteiger partial charge in [-0.1, -0.05) is 0 Å². The molecule has 0 saturated carbocycles. The molecule has 1 amide bonds. The molecule has 0 spiro atoms. The lowest BCUT2D eigenvalue weighted by Crippen LogP contribution is -2.44. The highest BCUT2D eigenvalue weighted by atomic mass is 16.6. The van der Waals surface area contributed by atoms with E-state index >= 15 is 0 Å². The molecule has 1 fully saturated rings. The van der Waals surface area contributed by atoms with E-state index in [1.165, 1.54) is 30.0 Å². The molecular formula is C23H27N7O5. The van der Waals surface area contributed by atoms with Crippen LogP contribution < -0.4 is 15.9 Å². The van der Waals surface area contributed by atoms with Crippen molar-refractivity contribution in [3.63, 3.8) is 0 Å². The highest BCUT2D eigenvalue weighted by Crippen LogP contribution is 2.25. The molecule has 1 N–H and O–H groups in total. The van der Waals surface area contributed by atoms with Crippen LogP contribution in [0, 0.1) is 28.4 Å². The molecule has 0 bridgehead atoms. The number of amides is 1. The van der Waals surface area contributed by atoms with Gasteiger partial charge in [0.05, 0.1) is 17.7 Å². The van der Waals surface area contributed by atoms with Gasteiger partial charge in [0.1, 0.15) is 18.2 Å². The zero-order chi connectivity index (χ0) is 25.5. The minimum atomic E-state index is -0.588. The Bertz CT molecular complexity index is 1240. The molecule has 12 heteroatoms. The number of benzene rings is 1. The second kappa shape index (κ2) is 11.4. The summed E-state index contributed by atoms with van der Waals surface area (Å²) in [4.78, 5) is 40.3. The number of hydrogen-bond acceptors (Lipinski definition) is 9. The summed E-state index contributed by atoms with van der Waals surface area (Å²) in [6.45, 7) is 4.63. The Hall–Kier alpha value is -4.08. The molecule has 1 aromatic carbocycles. The van der Waals surface area contributed by atoms with Crippen molar-refractivity contribution in [3.8, 4) is 6.07 Å². The molecule has 1 aliphatic rings. The maximum Gasteiger partial charge on any atom is 0.270 e. The van der Waals surface area contributed by atoms with Crippen molar-refractivity contribution in [2.24, 2.45) is 5.10 Å². The largest absolute Gasteiger partial charge is 0.380 e. The molecule has 12 nitrogen and oxygen atoms in total. The number of methoxy groups -OCH3 is 1. The average Bonchev–Trinajstić information content (AvgIpc) is 2.82. The quantitative estimate of drug-likeness (QED) is 0.334. The summed E-state index contributed by atoms with van der Waals surface area (Å²) in [7, 11) is 3.49. The smallest absolute Gasteiger partial charge is 0.270 e. The second-order valence-corrected chi connectivity index (χ2v) is 8.21. The highest BCUT2D eigenvalue weighted by Gasteiger charge is 2.19. The molecule has 0 aliphatic carbocycles. The van der Waals surface area contributed by atoms with Crippen LogP contribution in [-0.2, 0) is 22.7 Å². The Kier molecular flexibility index (Phi) is 8.30. The number of likely N-dealkylation sites (N-methyl/N-ethyl adjacent to an activating group) is 1. The number of pyridine rings is 1. The molecule has 0 radical (unpaired) electrons. The number of aromatic nitrogens is 1. The van der Waals surface area contributed by atoms with E-state index in [9.17, 15) is 25.0 Å². The highest BCUT2D eigenvalue weighted by molar-refractivity contribution is 5.90. The zero-order valence-corrected chi connectivity index (χ0v) is 19.9. The topological polar surface area (TPSA) is 146 Å². The van der Waals surface area contributed by atoms with Gasteiger partial charge in [0.15, 0.2) is 0 Å². The number of carbonyl (C=O) groups excluding carboxylic acids is 1. The number of nitro benzene ring substituents is 1. The fourth-order valence-electron chi connectivity index (χ4n) is 3.87. The van der Waals surface area contributed by atoms with Crippen LogP contribution in [0.2, 0.25) is 0 Å². The first-order valence-electron chi connectivity index (χ1n) is 10.9. The standard InChI is InChI=1S/C23H27N7O5/c1-16-10-18(15-35-3)20(12-24)23(32)29(16)14-22(31)26-25-13-17-11-19(30(33)34)4-5-21(17)28-8-6-27(2)7-9-28/h4-5,10-11,13H,6-9,14-15H2,1-3H3,(H,26,31)/b25-13-. The van der Waals surface area contributed by atoms with Crippen LogP contribution in [0.25, 0.3) is 0 Å². The van der Waals surface area contributed by atoms with Crippen molar-refractivity contribution >= 4 is 23.5 Å². The van der Waals surface area contributed by atoms with Gasteiger partial charge in [-0.3, -0.25) is 19.7 Å². The SMILES string of the molecule is COCc1cc(C)n(CC(=O)N/N=C\c2cc([N+](=O)[O-])ccc2N2CCN(C)CC2)c(=O)c1C#N. The fourth-order valence-corrected chi connectivity index (χ4v) is 3.87. The number of non-ortho nitro benzene ring substituents is 1. The second-order valence-electron chi connectivity index (χ2n) is 8.21. The Labute approximate surface area is 202 Å². The minimum absolute atomic E-state index is 0.0813. The molecule has 1 aromatic heterocycles. The number of carbonyl (C=O) groups is 1. The van der Waals surface area contributed by atoms with E-state index < -0.39 is 16.4 Å². The van der Waals surface area contributed by atoms with Crippen molar-refractivity contribution in [1.82, 2.24) is 14.9 Å². The molecule has 0 unspecified atom stereocenters. The van der Waals surface area contributed by atoms with Crippen LogP contribution in [0.1, 0.15) is 22.4 Å². The van der Waals surface area contributed by atoms with Gasteiger partial charge in [-0.25, -0.2) is 5.43 Å². The summed E-state index contributed by atoms with van der Waals surface area (Å²) in [6.07, 6.45) is 1.36. The summed E-state index contributed by atoms with van der Waals surface area (Å²) < 4.78 is 6.22. The molecule has 2 heterocycles. The van der Waals surface area contributed by atoms with Gasteiger partial charge in [-0.2, -0.15) is 10.4 Å². The first-order valence-corrected chi connectivity index (χ1v) is 10.9. The number of anilines is 1. The third-order valence-electron chi connectivity index (χ3n) is 5.76. The number of nitriles is 1. The molecule has 184 valence electrons. The summed E-state index contributed by atoms with van der Waals surface area (Å²) in [6, 6.07) is 8.03. The number of rotatable bonds is 8. The van der Waals surface area contributed by atoms with Crippen LogP contribution in [0.4, 0.5) is 11.4 Å². The summed E-state index contributed by atoms with van der Waals surface area (Å²) in [5.74, 6) is -0.582. The lowest BCUT2D eigenvalue weighted by molar-refractivity contribution is -0.384. The number of nitro groups is 1. The normalized spacial score (nSPS) is 14.2. The lowest BCUT2D eigenvalue weighted by atomic mass is 10.1. The van der Waals surface area contributed by atoms with Crippen LogP contribution in [0.15, 0.2) is 34.2 Å². The maximum absolute atomic E-state index is 12.7. The Balaban J connectivity index is 1.79. The minimum Gasteiger partial charge on any atom is -0.380 e. The monoisotopic (exact) mass is 481 g/mol. The van der Waals surface area contributed by atoms with Crippen LogP contribution in [0.3, 0.4) is 0 Å². The van der Waals surface area contributed by atoms with E-state index in [1.807, 2.05) is 13.1 Å². The van der Waals surface area contributed by atoms with Gasteiger partial charge in [0, 0.05) is 67.9 Å². The van der Waals surface area contributed by atoms with Crippen LogP contribution in [0.5, 0.6) is 0 Å². The lowest BCUT2D eigenvalue weighted by Gasteiger charge is -2.34. The van der Waals surface area contributed by atoms with E-state index in [1.54, 1.807) is 19.1 Å². The van der Waals surface area contributed by atoms with Crippen LogP contribution in [-0.4, -0.2) is 66.8 Å². The number of nitrogens with one attached hydrogen (secondary N) is 1. The first-order chi connectivity index (χ1) is 16.7. The van der Waals surface area contributed by atoms with Crippen molar-refractivity contribution in [1.29, 1.82) is 5.26 Å².